The van der Waals surface area contributed by atoms with Crippen LogP contribution in [-0.2, 0) is 15.6 Å². The smallest absolute Gasteiger partial charge is 0.204 e. The summed E-state index contributed by atoms with van der Waals surface area (Å²) in [5, 5.41) is 18.8. The lowest BCUT2D eigenvalue weighted by Gasteiger charge is -2.18. The van der Waals surface area contributed by atoms with Crippen molar-refractivity contribution in [2.75, 3.05) is 20.0 Å². The number of nitrogens with zero attached hydrogens (tertiary/aromatic N) is 3. The van der Waals surface area contributed by atoms with Crippen LogP contribution in [-0.4, -0.2) is 54.4 Å². The number of para-hydroxylation sites is 1. The lowest BCUT2D eigenvalue weighted by atomic mass is 9.99. The first-order chi connectivity index (χ1) is 15.9. The van der Waals surface area contributed by atoms with Crippen LogP contribution in [0.15, 0.2) is 41.0 Å². The first-order valence-corrected chi connectivity index (χ1v) is 12.8. The van der Waals surface area contributed by atoms with Crippen molar-refractivity contribution in [3.63, 3.8) is 0 Å². The number of rotatable bonds is 10. The van der Waals surface area contributed by atoms with Crippen molar-refractivity contribution < 1.29 is 27.4 Å². The number of methoxy groups -OCH3 is 2. The van der Waals surface area contributed by atoms with Gasteiger partial charge in [-0.05, 0) is 49.4 Å². The first-order valence-electron chi connectivity index (χ1n) is 11.0. The van der Waals surface area contributed by atoms with Crippen molar-refractivity contribution in [1.82, 2.24) is 14.8 Å². The van der Waals surface area contributed by atoms with Crippen LogP contribution >= 0.6 is 0 Å². The molecule has 0 aliphatic heterocycles. The third-order valence-corrected chi connectivity index (χ3v) is 7.67. The molecule has 0 radical (unpaired) electrons. The molecule has 4 rings (SSSR count). The summed E-state index contributed by atoms with van der Waals surface area (Å²) in [5.74, 6) is 1.62. The molecule has 1 aromatic carbocycles. The first kappa shape index (κ1) is 23.3. The van der Waals surface area contributed by atoms with E-state index in [2.05, 4.69) is 10.2 Å². The maximum Gasteiger partial charge on any atom is 0.204 e. The molecule has 3 aromatic rings. The van der Waals surface area contributed by atoms with E-state index in [1.54, 1.807) is 34.9 Å². The van der Waals surface area contributed by atoms with E-state index >= 15 is 0 Å². The van der Waals surface area contributed by atoms with Gasteiger partial charge in [-0.15, -0.1) is 10.2 Å². The van der Waals surface area contributed by atoms with Gasteiger partial charge in [-0.2, -0.15) is 0 Å². The van der Waals surface area contributed by atoms with Crippen molar-refractivity contribution in [2.24, 2.45) is 5.92 Å². The van der Waals surface area contributed by atoms with E-state index in [1.165, 1.54) is 20.5 Å². The number of benzene rings is 1. The molecule has 1 N–H and O–H groups in total. The summed E-state index contributed by atoms with van der Waals surface area (Å²) in [6.45, 7) is 0. The third-order valence-electron chi connectivity index (χ3n) is 6.11. The predicted molar refractivity (Wildman–Crippen MR) is 122 cm³/mol. The largest absolute Gasteiger partial charge is 0.494 e. The fourth-order valence-electron chi connectivity index (χ4n) is 4.41. The van der Waals surface area contributed by atoms with Gasteiger partial charge >= 0.3 is 0 Å². The van der Waals surface area contributed by atoms with E-state index < -0.39 is 15.9 Å². The maximum absolute atomic E-state index is 13.0. The number of ether oxygens (including phenoxy) is 2. The summed E-state index contributed by atoms with van der Waals surface area (Å²) in [6.07, 6.45) is 5.21. The van der Waals surface area contributed by atoms with Crippen LogP contribution in [0.2, 0.25) is 0 Å². The van der Waals surface area contributed by atoms with E-state index in [0.717, 1.165) is 25.7 Å². The van der Waals surface area contributed by atoms with Crippen molar-refractivity contribution in [3.8, 4) is 28.8 Å². The van der Waals surface area contributed by atoms with Gasteiger partial charge in [-0.3, -0.25) is 4.57 Å². The lowest BCUT2D eigenvalue weighted by molar-refractivity contribution is 0.107. The minimum absolute atomic E-state index is 0.128. The van der Waals surface area contributed by atoms with Crippen molar-refractivity contribution in [3.05, 3.63) is 42.4 Å². The molecule has 1 fully saturated rings. The Morgan fingerprint density at radius 3 is 2.42 bits per heavy atom. The third kappa shape index (κ3) is 5.06. The minimum atomic E-state index is -3.58. The summed E-state index contributed by atoms with van der Waals surface area (Å²) >= 11 is 0. The Morgan fingerprint density at radius 1 is 1.12 bits per heavy atom. The molecule has 178 valence electrons. The zero-order valence-electron chi connectivity index (χ0n) is 18.8. The van der Waals surface area contributed by atoms with Crippen molar-refractivity contribution in [1.29, 1.82) is 0 Å². The van der Waals surface area contributed by atoms with Crippen LogP contribution in [0.25, 0.3) is 17.3 Å². The molecule has 33 heavy (non-hydrogen) atoms. The number of aliphatic hydroxyl groups is 1. The summed E-state index contributed by atoms with van der Waals surface area (Å²) in [6, 6.07) is 8.71. The van der Waals surface area contributed by atoms with Crippen LogP contribution in [0.3, 0.4) is 0 Å². The Morgan fingerprint density at radius 2 is 1.82 bits per heavy atom. The number of aliphatic hydroxyl groups excluding tert-OH is 1. The molecular weight excluding hydrogens is 446 g/mol. The van der Waals surface area contributed by atoms with Crippen LogP contribution in [0, 0.1) is 5.92 Å². The number of furan rings is 1. The van der Waals surface area contributed by atoms with Gasteiger partial charge in [0.1, 0.15) is 22.9 Å². The predicted octanol–water partition coefficient (Wildman–Crippen LogP) is 3.40. The number of aromatic nitrogens is 3. The molecule has 1 aliphatic carbocycles. The highest BCUT2D eigenvalue weighted by Gasteiger charge is 2.28. The molecule has 0 bridgehead atoms. The molecule has 2 aromatic heterocycles. The molecule has 0 amide bonds. The monoisotopic (exact) mass is 475 g/mol. The highest BCUT2D eigenvalue weighted by Crippen LogP contribution is 2.37. The SMILES string of the molecule is COc1cccc(OC)c1-n1c(CS(=O)(=O)CC[C@@H](O)C2CCCC2)nnc1-c1ccco1. The Labute approximate surface area is 193 Å². The van der Waals surface area contributed by atoms with Gasteiger partial charge in [0.2, 0.25) is 5.82 Å². The topological polar surface area (TPSA) is 117 Å². The summed E-state index contributed by atoms with van der Waals surface area (Å²) < 4.78 is 44.2. The van der Waals surface area contributed by atoms with Crippen molar-refractivity contribution in [2.45, 2.75) is 44.0 Å². The van der Waals surface area contributed by atoms with Gasteiger partial charge in [0, 0.05) is 0 Å². The average molecular weight is 476 g/mol. The van der Waals surface area contributed by atoms with E-state index in [0.29, 0.717) is 28.8 Å². The summed E-state index contributed by atoms with van der Waals surface area (Å²) in [7, 11) is -0.532. The molecule has 0 unspecified atom stereocenters. The molecule has 10 heteroatoms. The standard InChI is InChI=1S/C23H29N3O6S/c1-30-18-9-5-10-19(31-2)22(18)26-21(24-25-23(26)20-11-6-13-32-20)15-33(28,29)14-12-17(27)16-7-3-4-8-16/h5-6,9-11,13,16-17,27H,3-4,7-8,12,14-15H2,1-2H3/t17-/m1/s1. The number of hydrogen-bond donors (Lipinski definition) is 1. The Bertz CT molecular complexity index is 1140. The zero-order chi connectivity index (χ0) is 23.4. The van der Waals surface area contributed by atoms with E-state index in [-0.39, 0.29) is 29.7 Å². The normalized spacial score (nSPS) is 15.6. The average Bonchev–Trinajstić information content (AvgIpc) is 3.58. The van der Waals surface area contributed by atoms with Crippen molar-refractivity contribution >= 4 is 9.84 Å². The fraction of sp³-hybridized carbons (Fsp3) is 0.478. The maximum atomic E-state index is 13.0. The van der Waals surface area contributed by atoms with Gasteiger partial charge in [0.15, 0.2) is 21.4 Å². The van der Waals surface area contributed by atoms with Gasteiger partial charge in [0.05, 0.1) is 32.3 Å². The highest BCUT2D eigenvalue weighted by atomic mass is 32.2. The highest BCUT2D eigenvalue weighted by molar-refractivity contribution is 7.90. The second-order valence-corrected chi connectivity index (χ2v) is 10.4. The summed E-state index contributed by atoms with van der Waals surface area (Å²) in [4.78, 5) is 0. The fourth-order valence-corrected chi connectivity index (χ4v) is 5.73. The number of hydrogen-bond acceptors (Lipinski definition) is 8. The molecular formula is C23H29N3O6S. The zero-order valence-corrected chi connectivity index (χ0v) is 19.6. The van der Waals surface area contributed by atoms with Crippen LogP contribution in [0.1, 0.15) is 37.9 Å². The molecule has 1 atom stereocenters. The molecule has 0 spiro atoms. The quantitative estimate of drug-likeness (QED) is 0.474. The Hall–Kier alpha value is -2.85. The van der Waals surface area contributed by atoms with E-state index in [9.17, 15) is 13.5 Å². The second kappa shape index (κ2) is 9.96. The van der Waals surface area contributed by atoms with E-state index in [4.69, 9.17) is 13.9 Å². The van der Waals surface area contributed by atoms with Crippen LogP contribution < -0.4 is 9.47 Å². The van der Waals surface area contributed by atoms with Gasteiger partial charge < -0.3 is 19.0 Å². The molecule has 0 saturated heterocycles. The molecule has 9 nitrogen and oxygen atoms in total. The van der Waals surface area contributed by atoms with Gasteiger partial charge in [-0.25, -0.2) is 8.42 Å². The van der Waals surface area contributed by atoms with Gasteiger partial charge in [0.25, 0.3) is 0 Å². The minimum Gasteiger partial charge on any atom is -0.494 e. The van der Waals surface area contributed by atoms with Gasteiger partial charge in [-0.1, -0.05) is 18.9 Å². The molecule has 1 aliphatic rings. The van der Waals surface area contributed by atoms with E-state index in [1.807, 2.05) is 0 Å². The second-order valence-electron chi connectivity index (χ2n) is 8.26. The Balaban J connectivity index is 1.68. The summed E-state index contributed by atoms with van der Waals surface area (Å²) in [5.41, 5.74) is 0.482. The van der Waals surface area contributed by atoms with Crippen LogP contribution in [0.4, 0.5) is 0 Å². The van der Waals surface area contributed by atoms with Crippen LogP contribution in [0.5, 0.6) is 11.5 Å². The molecule has 2 heterocycles. The molecule has 1 saturated carbocycles. The lowest BCUT2D eigenvalue weighted by Crippen LogP contribution is -2.23. The Kier molecular flexibility index (Phi) is 7.04. The number of sulfone groups is 1.